The van der Waals surface area contributed by atoms with Crippen LogP contribution in [0.25, 0.3) is 0 Å². The zero-order valence-electron chi connectivity index (χ0n) is 14.0. The van der Waals surface area contributed by atoms with Gasteiger partial charge < -0.3 is 5.32 Å². The molecular formula is C17H14F3N3O3S. The summed E-state index contributed by atoms with van der Waals surface area (Å²) in [6.45, 7) is -0.339. The molecule has 2 aromatic carbocycles. The van der Waals surface area contributed by atoms with Gasteiger partial charge in [0, 0.05) is 13.0 Å². The summed E-state index contributed by atoms with van der Waals surface area (Å²) in [4.78, 5) is 12.0. The van der Waals surface area contributed by atoms with Crippen LogP contribution in [0.5, 0.6) is 0 Å². The smallest absolute Gasteiger partial charge is 0.232 e. The van der Waals surface area contributed by atoms with Gasteiger partial charge in [0.25, 0.3) is 0 Å². The Labute approximate surface area is 153 Å². The van der Waals surface area contributed by atoms with Gasteiger partial charge in [-0.3, -0.25) is 9.10 Å². The predicted octanol–water partition coefficient (Wildman–Crippen LogP) is 2.77. The monoisotopic (exact) mass is 397 g/mol. The molecule has 1 amide bonds. The minimum Gasteiger partial charge on any atom is -0.323 e. The Morgan fingerprint density at radius 3 is 2.44 bits per heavy atom. The molecule has 0 aromatic heterocycles. The highest BCUT2D eigenvalue weighted by Gasteiger charge is 2.22. The summed E-state index contributed by atoms with van der Waals surface area (Å²) in [5.74, 6) is -5.50. The maximum atomic E-state index is 13.6. The van der Waals surface area contributed by atoms with Gasteiger partial charge >= 0.3 is 0 Å². The van der Waals surface area contributed by atoms with E-state index in [1.165, 1.54) is 18.2 Å². The minimum absolute atomic E-state index is 0.0920. The molecule has 0 heterocycles. The number of benzene rings is 2. The molecule has 0 bridgehead atoms. The Balaban J connectivity index is 2.18. The van der Waals surface area contributed by atoms with E-state index in [9.17, 15) is 26.4 Å². The van der Waals surface area contributed by atoms with Crippen LogP contribution in [-0.2, 0) is 14.8 Å². The van der Waals surface area contributed by atoms with Crippen LogP contribution in [0.2, 0.25) is 0 Å². The van der Waals surface area contributed by atoms with Gasteiger partial charge in [-0.15, -0.1) is 0 Å². The molecule has 0 atom stereocenters. The van der Waals surface area contributed by atoms with Crippen molar-refractivity contribution in [2.75, 3.05) is 22.4 Å². The molecule has 0 radical (unpaired) electrons. The number of nitriles is 1. The van der Waals surface area contributed by atoms with Gasteiger partial charge in [-0.05, 0) is 24.3 Å². The Morgan fingerprint density at radius 2 is 1.81 bits per heavy atom. The van der Waals surface area contributed by atoms with Crippen molar-refractivity contribution < 1.29 is 26.4 Å². The molecule has 2 rings (SSSR count). The molecule has 0 fully saturated rings. The van der Waals surface area contributed by atoms with E-state index < -0.39 is 45.5 Å². The van der Waals surface area contributed by atoms with Crippen molar-refractivity contribution >= 4 is 27.3 Å². The first-order valence-corrected chi connectivity index (χ1v) is 9.40. The van der Waals surface area contributed by atoms with Crippen molar-refractivity contribution in [2.24, 2.45) is 0 Å². The average Bonchev–Trinajstić information content (AvgIpc) is 2.61. The molecule has 10 heteroatoms. The molecule has 0 saturated heterocycles. The van der Waals surface area contributed by atoms with Gasteiger partial charge in [0.15, 0.2) is 17.5 Å². The number of carbonyl (C=O) groups is 1. The van der Waals surface area contributed by atoms with Crippen molar-refractivity contribution in [3.63, 3.8) is 0 Å². The highest BCUT2D eigenvalue weighted by molar-refractivity contribution is 7.92. The fraction of sp³-hybridized carbons (Fsp3) is 0.176. The lowest BCUT2D eigenvalue weighted by Crippen LogP contribution is -2.33. The van der Waals surface area contributed by atoms with Gasteiger partial charge in [0.05, 0.1) is 23.2 Å². The molecule has 0 aliphatic heterocycles. The summed E-state index contributed by atoms with van der Waals surface area (Å²) in [6.07, 6.45) is 0.499. The number of halogens is 3. The second-order valence-corrected chi connectivity index (χ2v) is 7.39. The van der Waals surface area contributed by atoms with Crippen LogP contribution in [0, 0.1) is 28.8 Å². The van der Waals surface area contributed by atoms with Crippen LogP contribution in [0.15, 0.2) is 36.4 Å². The highest BCUT2D eigenvalue weighted by atomic mass is 32.2. The van der Waals surface area contributed by atoms with Crippen LogP contribution in [0.1, 0.15) is 12.0 Å². The lowest BCUT2D eigenvalue weighted by molar-refractivity contribution is -0.116. The summed E-state index contributed by atoms with van der Waals surface area (Å²) in [6, 6.07) is 9.29. The fourth-order valence-corrected chi connectivity index (χ4v) is 3.23. The van der Waals surface area contributed by atoms with E-state index in [0.717, 1.165) is 16.6 Å². The molecule has 2 aromatic rings. The Bertz CT molecular complexity index is 1020. The fourth-order valence-electron chi connectivity index (χ4n) is 2.29. The lowest BCUT2D eigenvalue weighted by Gasteiger charge is -2.23. The van der Waals surface area contributed by atoms with Gasteiger partial charge in [0.2, 0.25) is 15.9 Å². The maximum Gasteiger partial charge on any atom is 0.232 e. The number of sulfonamides is 1. The third kappa shape index (κ3) is 4.77. The Morgan fingerprint density at radius 1 is 1.15 bits per heavy atom. The molecule has 6 nitrogen and oxygen atoms in total. The molecule has 0 unspecified atom stereocenters. The molecule has 1 N–H and O–H groups in total. The number of rotatable bonds is 6. The molecule has 142 valence electrons. The summed E-state index contributed by atoms with van der Waals surface area (Å²) >= 11 is 0. The number of amides is 1. The summed E-state index contributed by atoms with van der Waals surface area (Å²) in [5.41, 5.74) is -0.383. The lowest BCUT2D eigenvalue weighted by atomic mass is 10.2. The number of nitrogens with zero attached hydrogens (tertiary/aromatic N) is 2. The van der Waals surface area contributed by atoms with Crippen molar-refractivity contribution in [1.29, 1.82) is 5.26 Å². The second-order valence-electron chi connectivity index (χ2n) is 5.49. The van der Waals surface area contributed by atoms with Crippen molar-refractivity contribution in [3.05, 3.63) is 59.4 Å². The van der Waals surface area contributed by atoms with Crippen molar-refractivity contribution in [1.82, 2.24) is 0 Å². The highest BCUT2D eigenvalue weighted by Crippen LogP contribution is 2.23. The molecule has 27 heavy (non-hydrogen) atoms. The number of carbonyl (C=O) groups excluding carboxylic acids is 1. The van der Waals surface area contributed by atoms with Crippen molar-refractivity contribution in [3.8, 4) is 6.07 Å². The Hall–Kier alpha value is -3.06. The zero-order chi connectivity index (χ0) is 20.2. The van der Waals surface area contributed by atoms with E-state index in [1.54, 1.807) is 6.07 Å². The number of hydrogen-bond acceptors (Lipinski definition) is 4. The van der Waals surface area contributed by atoms with Crippen LogP contribution < -0.4 is 9.62 Å². The zero-order valence-corrected chi connectivity index (χ0v) is 14.9. The SMILES string of the molecule is CS(=O)(=O)N(CCC(=O)Nc1ccc(F)c(F)c1F)c1ccccc1C#N. The molecule has 0 aliphatic rings. The second kappa shape index (κ2) is 8.09. The number of nitrogens with one attached hydrogen (secondary N) is 1. The number of para-hydroxylation sites is 1. The quantitative estimate of drug-likeness (QED) is 0.759. The summed E-state index contributed by atoms with van der Waals surface area (Å²) in [7, 11) is -3.82. The van der Waals surface area contributed by atoms with Crippen LogP contribution >= 0.6 is 0 Å². The molecular weight excluding hydrogens is 383 g/mol. The topological polar surface area (TPSA) is 90.3 Å². The molecule has 0 saturated carbocycles. The Kier molecular flexibility index (Phi) is 6.07. The summed E-state index contributed by atoms with van der Waals surface area (Å²) < 4.78 is 64.7. The third-order valence-corrected chi connectivity index (χ3v) is 4.72. The molecule has 0 aliphatic carbocycles. The normalized spacial score (nSPS) is 10.9. The predicted molar refractivity (Wildman–Crippen MR) is 92.9 cm³/mol. The van der Waals surface area contributed by atoms with Gasteiger partial charge in [-0.25, -0.2) is 21.6 Å². The van der Waals surface area contributed by atoms with E-state index in [0.29, 0.717) is 6.07 Å². The van der Waals surface area contributed by atoms with Gasteiger partial charge in [0.1, 0.15) is 6.07 Å². The van der Waals surface area contributed by atoms with Crippen LogP contribution in [0.3, 0.4) is 0 Å². The largest absolute Gasteiger partial charge is 0.323 e. The van der Waals surface area contributed by atoms with E-state index in [-0.39, 0.29) is 17.8 Å². The molecule has 0 spiro atoms. The maximum absolute atomic E-state index is 13.6. The standard InChI is InChI=1S/C17H14F3N3O3S/c1-27(25,26)23(14-5-3-2-4-11(14)10-21)9-8-15(24)22-13-7-6-12(18)16(19)17(13)20/h2-7H,8-9H2,1H3,(H,22,24). The van der Waals surface area contributed by atoms with Gasteiger partial charge in [-0.1, -0.05) is 12.1 Å². The van der Waals surface area contributed by atoms with E-state index in [2.05, 4.69) is 5.32 Å². The van der Waals surface area contributed by atoms with E-state index in [4.69, 9.17) is 5.26 Å². The van der Waals surface area contributed by atoms with Crippen molar-refractivity contribution in [2.45, 2.75) is 6.42 Å². The first kappa shape index (κ1) is 20.3. The number of anilines is 2. The van der Waals surface area contributed by atoms with Gasteiger partial charge in [-0.2, -0.15) is 5.26 Å². The summed E-state index contributed by atoms with van der Waals surface area (Å²) in [5, 5.41) is 11.2. The minimum atomic E-state index is -3.82. The van der Waals surface area contributed by atoms with E-state index >= 15 is 0 Å². The van der Waals surface area contributed by atoms with Crippen LogP contribution in [0.4, 0.5) is 24.5 Å². The average molecular weight is 397 g/mol. The first-order valence-electron chi connectivity index (χ1n) is 7.55. The van der Waals surface area contributed by atoms with E-state index in [1.807, 2.05) is 6.07 Å². The first-order chi connectivity index (χ1) is 12.6. The third-order valence-electron chi connectivity index (χ3n) is 3.54. The van der Waals surface area contributed by atoms with Crippen LogP contribution in [-0.4, -0.2) is 27.1 Å². The number of hydrogen-bond donors (Lipinski definition) is 1.